The van der Waals surface area contributed by atoms with Crippen molar-refractivity contribution in [3.05, 3.63) is 82.9 Å². The Morgan fingerprint density at radius 3 is 1.39 bits per heavy atom. The summed E-state index contributed by atoms with van der Waals surface area (Å²) in [6.07, 6.45) is 10.7. The molecule has 6 rings (SSSR count). The summed E-state index contributed by atoms with van der Waals surface area (Å²) in [5.74, 6) is 0. The van der Waals surface area contributed by atoms with Crippen LogP contribution in [0.4, 0.5) is 9.59 Å². The predicted molar refractivity (Wildman–Crippen MR) is 187 cm³/mol. The van der Waals surface area contributed by atoms with E-state index >= 15 is 0 Å². The SMILES string of the molecule is C1=C(N2CCCC2)c2ccccc2[CH]1[Zr][CH]1C=C(N2CCCC2)c2ccccc21.C[Si](C)(C)C(=O)[NH][GaH][NH]C(=O)[Si](C)(C)C. The second-order valence-electron chi connectivity index (χ2n) is 14.5. The summed E-state index contributed by atoms with van der Waals surface area (Å²) in [4.78, 5) is 28.4. The molecule has 44 heavy (non-hydrogen) atoms. The van der Waals surface area contributed by atoms with Crippen LogP contribution in [0.25, 0.3) is 11.4 Å². The first-order valence-corrected chi connectivity index (χ1v) is 29.2. The number of rotatable bonds is 8. The number of benzene rings is 2. The van der Waals surface area contributed by atoms with Gasteiger partial charge in [-0.05, 0) is 0 Å². The number of likely N-dealkylation sites (tertiary alicyclic amines) is 2. The van der Waals surface area contributed by atoms with Crippen LogP contribution in [0.3, 0.4) is 0 Å². The molecule has 2 unspecified atom stereocenters. The molecule has 0 spiro atoms. The van der Waals surface area contributed by atoms with Gasteiger partial charge in [-0.3, -0.25) is 0 Å². The van der Waals surface area contributed by atoms with Crippen molar-refractivity contribution in [2.24, 2.45) is 0 Å². The molecule has 10 heteroatoms. The van der Waals surface area contributed by atoms with E-state index in [0.29, 0.717) is 7.25 Å². The van der Waals surface area contributed by atoms with Crippen molar-refractivity contribution in [1.29, 1.82) is 0 Å². The van der Waals surface area contributed by atoms with Gasteiger partial charge in [0.25, 0.3) is 0 Å². The van der Waals surface area contributed by atoms with E-state index < -0.39 is 57.3 Å². The van der Waals surface area contributed by atoms with Gasteiger partial charge in [0, 0.05) is 0 Å². The molecule has 2 heterocycles. The van der Waals surface area contributed by atoms with Crippen LogP contribution in [0, 0.1) is 0 Å². The Balaban J connectivity index is 0.000000220. The zero-order chi connectivity index (χ0) is 31.5. The van der Waals surface area contributed by atoms with Crippen molar-refractivity contribution in [1.82, 2.24) is 17.8 Å². The zero-order valence-corrected chi connectivity index (χ0v) is 34.9. The molecule has 2 aliphatic heterocycles. The van der Waals surface area contributed by atoms with Gasteiger partial charge in [-0.1, -0.05) is 0 Å². The van der Waals surface area contributed by atoms with Gasteiger partial charge in [-0.25, -0.2) is 0 Å². The van der Waals surface area contributed by atoms with E-state index in [-0.39, 0.29) is 11.1 Å². The van der Waals surface area contributed by atoms with Crippen molar-refractivity contribution in [3.63, 3.8) is 0 Å². The fourth-order valence-corrected chi connectivity index (χ4v) is 20.2. The molecule has 0 radical (unpaired) electrons. The Kier molecular flexibility index (Phi) is 11.1. The molecule has 4 aliphatic rings. The number of hydrogen-bond acceptors (Lipinski definition) is 4. The minimum atomic E-state index is -1.72. The number of hydrogen-bond donors (Lipinski definition) is 2. The van der Waals surface area contributed by atoms with Gasteiger partial charge in [0.1, 0.15) is 0 Å². The van der Waals surface area contributed by atoms with Crippen molar-refractivity contribution >= 4 is 56.5 Å². The fraction of sp³-hybridized carbons (Fsp3) is 0.471. The van der Waals surface area contributed by atoms with Crippen LogP contribution in [0.5, 0.6) is 0 Å². The monoisotopic (exact) mass is 760 g/mol. The summed E-state index contributed by atoms with van der Waals surface area (Å²) in [5.41, 5.74) is 9.68. The third kappa shape index (κ3) is 8.03. The number of amides is 2. The Hall–Kier alpha value is -1.59. The molecule has 2 saturated heterocycles. The van der Waals surface area contributed by atoms with Crippen LogP contribution < -0.4 is 8.05 Å². The molecule has 6 nitrogen and oxygen atoms in total. The van der Waals surface area contributed by atoms with Gasteiger partial charge < -0.3 is 0 Å². The molecule has 2 aliphatic carbocycles. The second kappa shape index (κ2) is 14.5. The first-order valence-electron chi connectivity index (χ1n) is 16.4. The van der Waals surface area contributed by atoms with E-state index in [2.05, 4.69) is 78.5 Å². The van der Waals surface area contributed by atoms with Crippen molar-refractivity contribution in [3.8, 4) is 0 Å². The van der Waals surface area contributed by atoms with Crippen LogP contribution in [-0.2, 0) is 23.2 Å². The Labute approximate surface area is 286 Å². The van der Waals surface area contributed by atoms with Gasteiger partial charge in [0.15, 0.2) is 0 Å². The Morgan fingerprint density at radius 2 is 1.02 bits per heavy atom. The molecule has 0 aromatic heterocycles. The molecule has 2 N–H and O–H groups in total. The number of nitrogens with one attached hydrogen (secondary N) is 2. The number of carbonyl (C=O) groups is 2. The topological polar surface area (TPSA) is 64.7 Å². The van der Waals surface area contributed by atoms with Gasteiger partial charge >= 0.3 is 288 Å². The molecule has 2 amide bonds. The number of carbonyl (C=O) groups excluding carboxylic acids is 2. The van der Waals surface area contributed by atoms with Gasteiger partial charge in [0.05, 0.1) is 0 Å². The van der Waals surface area contributed by atoms with Gasteiger partial charge in [0.2, 0.25) is 0 Å². The summed E-state index contributed by atoms with van der Waals surface area (Å²) >= 11 is -2.13. The minimum absolute atomic E-state index is 0.165. The summed E-state index contributed by atoms with van der Waals surface area (Å²) in [5, 5.41) is 0. The molecule has 2 aromatic rings. The molecular weight excluding hydrogens is 714 g/mol. The van der Waals surface area contributed by atoms with Crippen LogP contribution in [0.15, 0.2) is 60.7 Å². The maximum atomic E-state index is 11.6. The zero-order valence-electron chi connectivity index (χ0n) is 27.5. The van der Waals surface area contributed by atoms with Crippen molar-refractivity contribution < 1.29 is 32.8 Å². The third-order valence-electron chi connectivity index (χ3n) is 8.91. The number of fused-ring (bicyclic) bond motifs is 2. The van der Waals surface area contributed by atoms with Crippen molar-refractivity contribution in [2.75, 3.05) is 26.2 Å². The van der Waals surface area contributed by atoms with E-state index in [1.54, 1.807) is 22.5 Å². The normalized spacial score (nSPS) is 20.6. The van der Waals surface area contributed by atoms with Crippen LogP contribution in [0.1, 0.15) is 55.2 Å². The average Bonchev–Trinajstić information content (AvgIpc) is 3.80. The maximum absolute atomic E-state index is 11.6. The molecule has 0 saturated carbocycles. The molecule has 232 valence electrons. The first kappa shape index (κ1) is 33.8. The average molecular weight is 763 g/mol. The molecule has 2 fully saturated rings. The van der Waals surface area contributed by atoms with E-state index in [9.17, 15) is 9.59 Å². The predicted octanol–water partition coefficient (Wildman–Crippen LogP) is 6.96. The fourth-order valence-electron chi connectivity index (χ4n) is 6.35. The second-order valence-corrected chi connectivity index (χ2v) is 30.5. The van der Waals surface area contributed by atoms with E-state index in [1.165, 1.54) is 63.0 Å². The van der Waals surface area contributed by atoms with Gasteiger partial charge in [-0.2, -0.15) is 0 Å². The Bertz CT molecular complexity index is 1320. The van der Waals surface area contributed by atoms with Crippen LogP contribution >= 0.6 is 0 Å². The van der Waals surface area contributed by atoms with Crippen LogP contribution in [0.2, 0.25) is 39.3 Å². The summed E-state index contributed by atoms with van der Waals surface area (Å²) in [7, 11) is -3.44. The Morgan fingerprint density at radius 1 is 0.659 bits per heavy atom. The first-order chi connectivity index (χ1) is 20.9. The molecule has 2 aromatic carbocycles. The summed E-state index contributed by atoms with van der Waals surface area (Å²) in [6.45, 7) is 17.0. The van der Waals surface area contributed by atoms with E-state index in [0.717, 1.165) is 0 Å². The van der Waals surface area contributed by atoms with Crippen LogP contribution in [-0.4, -0.2) is 81.1 Å². The molecule has 0 bridgehead atoms. The summed E-state index contributed by atoms with van der Waals surface area (Å²) in [6, 6.07) is 18.5. The quantitative estimate of drug-likeness (QED) is 0.286. The van der Waals surface area contributed by atoms with Gasteiger partial charge in [-0.15, -0.1) is 0 Å². The molecular formula is C34H49GaN4O2Si2Zr. The molecule has 2 atom stereocenters. The van der Waals surface area contributed by atoms with E-state index in [4.69, 9.17) is 0 Å². The number of allylic oxidation sites excluding steroid dienone is 2. The standard InChI is InChI=1S/2C13H14N.2C4H11NOSi.Ga.Zr.H/c2*1-2-6-12-11(5-1)7-8-13(12)14-9-3-4-10-14;2*1-7(2,3)4(5)6;;;/h2*1-2,5-8H,3-4,9-10H2;2*1-3H3,(H2,5,6);;;/q;;;;+2;;/p-2. The van der Waals surface area contributed by atoms with E-state index in [1.807, 2.05) is 39.3 Å². The summed E-state index contributed by atoms with van der Waals surface area (Å²) < 4.78 is 7.24. The van der Waals surface area contributed by atoms with Crippen molar-refractivity contribution in [2.45, 2.75) is 72.2 Å². The third-order valence-corrected chi connectivity index (χ3v) is 19.7. The number of nitrogens with zero attached hydrogens (tertiary/aromatic N) is 2.